The Balaban J connectivity index is 2.17. The lowest BCUT2D eigenvalue weighted by atomic mass is 10.1. The molecule has 0 radical (unpaired) electrons. The van der Waals surface area contributed by atoms with Crippen LogP contribution >= 0.6 is 0 Å². The third-order valence-electron chi connectivity index (χ3n) is 3.01. The first-order chi connectivity index (χ1) is 9.08. The number of morpholine rings is 1. The summed E-state index contributed by atoms with van der Waals surface area (Å²) in [6.07, 6.45) is -0.114. The van der Waals surface area contributed by atoms with Crippen molar-refractivity contribution in [2.75, 3.05) is 19.8 Å². The quantitative estimate of drug-likeness (QED) is 0.869. The zero-order valence-corrected chi connectivity index (χ0v) is 10.7. The largest absolute Gasteiger partial charge is 0.481 e. The maximum Gasteiger partial charge on any atom is 0.305 e. The van der Waals surface area contributed by atoms with Gasteiger partial charge >= 0.3 is 5.97 Å². The number of ether oxygens (including phenoxy) is 1. The molecule has 0 spiro atoms. The molecule has 0 bridgehead atoms. The van der Waals surface area contributed by atoms with Crippen LogP contribution in [0, 0.1) is 6.92 Å². The molecular formula is C13H16N2O4. The Morgan fingerprint density at radius 2 is 2.32 bits per heavy atom. The van der Waals surface area contributed by atoms with Gasteiger partial charge < -0.3 is 14.7 Å². The second-order valence-corrected chi connectivity index (χ2v) is 4.49. The van der Waals surface area contributed by atoms with Gasteiger partial charge in [0.05, 0.1) is 25.7 Å². The molecule has 1 aliphatic rings. The SMILES string of the molecule is Cc1cccc(C(=O)N2CCOCC2CC(=O)O)n1. The van der Waals surface area contributed by atoms with E-state index in [-0.39, 0.29) is 18.9 Å². The van der Waals surface area contributed by atoms with Crippen molar-refractivity contribution in [2.45, 2.75) is 19.4 Å². The lowest BCUT2D eigenvalue weighted by Gasteiger charge is -2.34. The highest BCUT2D eigenvalue weighted by Crippen LogP contribution is 2.14. The van der Waals surface area contributed by atoms with Crippen LogP contribution < -0.4 is 0 Å². The first-order valence-corrected chi connectivity index (χ1v) is 6.12. The van der Waals surface area contributed by atoms with Gasteiger partial charge in [0.2, 0.25) is 0 Å². The lowest BCUT2D eigenvalue weighted by molar-refractivity contribution is -0.139. The predicted octanol–water partition coefficient (Wildman–Crippen LogP) is 0.706. The van der Waals surface area contributed by atoms with E-state index in [1.165, 1.54) is 0 Å². The van der Waals surface area contributed by atoms with Crippen molar-refractivity contribution in [1.82, 2.24) is 9.88 Å². The number of pyridine rings is 1. The molecule has 1 aromatic rings. The van der Waals surface area contributed by atoms with Crippen LogP contribution in [0.4, 0.5) is 0 Å². The fraction of sp³-hybridized carbons (Fsp3) is 0.462. The van der Waals surface area contributed by atoms with Crippen LogP contribution in [-0.2, 0) is 9.53 Å². The van der Waals surface area contributed by atoms with Crippen LogP contribution in [0.3, 0.4) is 0 Å². The van der Waals surface area contributed by atoms with Gasteiger partial charge in [0.25, 0.3) is 5.91 Å². The topological polar surface area (TPSA) is 79.7 Å². The molecule has 0 aliphatic carbocycles. The average Bonchev–Trinajstić information content (AvgIpc) is 2.38. The number of carboxylic acids is 1. The van der Waals surface area contributed by atoms with E-state index in [2.05, 4.69) is 4.98 Å². The number of aliphatic carboxylic acids is 1. The molecular weight excluding hydrogens is 248 g/mol. The maximum absolute atomic E-state index is 12.4. The van der Waals surface area contributed by atoms with Crippen LogP contribution in [0.25, 0.3) is 0 Å². The summed E-state index contributed by atoms with van der Waals surface area (Å²) in [7, 11) is 0. The predicted molar refractivity (Wildman–Crippen MR) is 66.9 cm³/mol. The van der Waals surface area contributed by atoms with E-state index >= 15 is 0 Å². The Kier molecular flexibility index (Phi) is 4.11. The number of hydrogen-bond acceptors (Lipinski definition) is 4. The summed E-state index contributed by atoms with van der Waals surface area (Å²) in [5.41, 5.74) is 1.10. The average molecular weight is 264 g/mol. The van der Waals surface area contributed by atoms with Crippen molar-refractivity contribution in [3.63, 3.8) is 0 Å². The summed E-state index contributed by atoms with van der Waals surface area (Å²) < 4.78 is 5.25. The van der Waals surface area contributed by atoms with Crippen molar-refractivity contribution in [2.24, 2.45) is 0 Å². The highest BCUT2D eigenvalue weighted by molar-refractivity contribution is 5.92. The fourth-order valence-corrected chi connectivity index (χ4v) is 2.10. The Bertz CT molecular complexity index is 489. The van der Waals surface area contributed by atoms with Gasteiger partial charge in [-0.3, -0.25) is 9.59 Å². The lowest BCUT2D eigenvalue weighted by Crippen LogP contribution is -2.49. The third-order valence-corrected chi connectivity index (χ3v) is 3.01. The van der Waals surface area contributed by atoms with E-state index in [0.717, 1.165) is 5.69 Å². The molecule has 0 saturated carbocycles. The molecule has 1 saturated heterocycles. The van der Waals surface area contributed by atoms with Gasteiger partial charge in [-0.05, 0) is 19.1 Å². The van der Waals surface area contributed by atoms with E-state index in [4.69, 9.17) is 9.84 Å². The summed E-state index contributed by atoms with van der Waals surface area (Å²) in [5, 5.41) is 8.87. The molecule has 1 amide bonds. The van der Waals surface area contributed by atoms with Crippen molar-refractivity contribution in [3.05, 3.63) is 29.6 Å². The first-order valence-electron chi connectivity index (χ1n) is 6.12. The number of aryl methyl sites for hydroxylation is 1. The first kappa shape index (κ1) is 13.5. The van der Waals surface area contributed by atoms with Gasteiger partial charge in [-0.15, -0.1) is 0 Å². The number of hydrogen-bond donors (Lipinski definition) is 1. The van der Waals surface area contributed by atoms with E-state index in [9.17, 15) is 9.59 Å². The molecule has 1 unspecified atom stereocenters. The second-order valence-electron chi connectivity index (χ2n) is 4.49. The molecule has 2 heterocycles. The monoisotopic (exact) mass is 264 g/mol. The van der Waals surface area contributed by atoms with Crippen molar-refractivity contribution >= 4 is 11.9 Å². The number of amides is 1. The number of rotatable bonds is 3. The summed E-state index contributed by atoms with van der Waals surface area (Å²) >= 11 is 0. The minimum Gasteiger partial charge on any atom is -0.481 e. The minimum absolute atomic E-state index is 0.114. The van der Waals surface area contributed by atoms with Crippen LogP contribution in [0.5, 0.6) is 0 Å². The number of carboxylic acid groups (broad SMARTS) is 1. The second kappa shape index (κ2) is 5.79. The fourth-order valence-electron chi connectivity index (χ4n) is 2.10. The van der Waals surface area contributed by atoms with Crippen molar-refractivity contribution < 1.29 is 19.4 Å². The number of nitrogens with zero attached hydrogens (tertiary/aromatic N) is 2. The van der Waals surface area contributed by atoms with E-state index < -0.39 is 12.0 Å². The molecule has 102 valence electrons. The van der Waals surface area contributed by atoms with E-state index in [1.54, 1.807) is 17.0 Å². The standard InChI is InChI=1S/C13H16N2O4/c1-9-3-2-4-11(14-9)13(18)15-5-6-19-8-10(15)7-12(16)17/h2-4,10H,5-8H2,1H3,(H,16,17). The maximum atomic E-state index is 12.4. The summed E-state index contributed by atoms with van der Waals surface area (Å²) in [4.78, 5) is 28.9. The van der Waals surface area contributed by atoms with Gasteiger partial charge in [0.15, 0.2) is 0 Å². The highest BCUT2D eigenvalue weighted by atomic mass is 16.5. The zero-order valence-electron chi connectivity index (χ0n) is 10.7. The van der Waals surface area contributed by atoms with E-state index in [1.807, 2.05) is 13.0 Å². The summed E-state index contributed by atoms with van der Waals surface area (Å²) in [5.74, 6) is -1.18. The minimum atomic E-state index is -0.939. The van der Waals surface area contributed by atoms with E-state index in [0.29, 0.717) is 18.8 Å². The Labute approximate surface area is 111 Å². The summed E-state index contributed by atoms with van der Waals surface area (Å²) in [6, 6.07) is 4.79. The van der Waals surface area contributed by atoms with Gasteiger partial charge in [-0.1, -0.05) is 6.07 Å². The molecule has 1 atom stereocenters. The third kappa shape index (κ3) is 3.29. The molecule has 6 nitrogen and oxygen atoms in total. The molecule has 1 aromatic heterocycles. The van der Waals surface area contributed by atoms with Gasteiger partial charge in [0.1, 0.15) is 5.69 Å². The van der Waals surface area contributed by atoms with Gasteiger partial charge in [0, 0.05) is 12.2 Å². The molecule has 2 rings (SSSR count). The molecule has 1 N–H and O–H groups in total. The smallest absolute Gasteiger partial charge is 0.305 e. The van der Waals surface area contributed by atoms with Crippen molar-refractivity contribution in [1.29, 1.82) is 0 Å². The molecule has 1 fully saturated rings. The summed E-state index contributed by atoms with van der Waals surface area (Å²) in [6.45, 7) is 2.88. The number of carbonyl (C=O) groups excluding carboxylic acids is 1. The molecule has 0 aromatic carbocycles. The molecule has 1 aliphatic heterocycles. The van der Waals surface area contributed by atoms with Crippen LogP contribution in [0.1, 0.15) is 22.6 Å². The van der Waals surface area contributed by atoms with Crippen molar-refractivity contribution in [3.8, 4) is 0 Å². The molecule has 6 heteroatoms. The Morgan fingerprint density at radius 3 is 3.00 bits per heavy atom. The van der Waals surface area contributed by atoms with Gasteiger partial charge in [-0.2, -0.15) is 0 Å². The Hall–Kier alpha value is -1.95. The highest BCUT2D eigenvalue weighted by Gasteiger charge is 2.30. The van der Waals surface area contributed by atoms with Gasteiger partial charge in [-0.25, -0.2) is 4.98 Å². The normalized spacial score (nSPS) is 19.2. The number of aromatic nitrogens is 1. The number of carbonyl (C=O) groups is 2. The molecule has 19 heavy (non-hydrogen) atoms. The van der Waals surface area contributed by atoms with Crippen LogP contribution in [-0.4, -0.2) is 52.7 Å². The van der Waals surface area contributed by atoms with Crippen LogP contribution in [0.15, 0.2) is 18.2 Å². The Morgan fingerprint density at radius 1 is 1.53 bits per heavy atom. The van der Waals surface area contributed by atoms with Crippen LogP contribution in [0.2, 0.25) is 0 Å². The zero-order chi connectivity index (χ0) is 13.8.